The maximum Gasteiger partial charge on any atom is 0.286 e. The average Bonchev–Trinajstić information content (AvgIpc) is 3.34. The van der Waals surface area contributed by atoms with Crippen LogP contribution < -0.4 is 10.6 Å². The maximum atomic E-state index is 12.9. The Morgan fingerprint density at radius 1 is 1.06 bits per heavy atom. The SMILES string of the molecule is O=C(Nc1ccccc1)c1nnc(C(=O)N2CCC[C@@H](C(=O)NCc3cccnc3)C2)s1. The summed E-state index contributed by atoms with van der Waals surface area (Å²) in [7, 11) is 0. The Labute approximate surface area is 188 Å². The topological polar surface area (TPSA) is 117 Å². The van der Waals surface area contributed by atoms with Crippen molar-refractivity contribution in [2.75, 3.05) is 18.4 Å². The summed E-state index contributed by atoms with van der Waals surface area (Å²) < 4.78 is 0. The number of aromatic nitrogens is 3. The van der Waals surface area contributed by atoms with Crippen LogP contribution in [0, 0.1) is 5.92 Å². The van der Waals surface area contributed by atoms with E-state index in [1.165, 1.54) is 0 Å². The lowest BCUT2D eigenvalue weighted by Crippen LogP contribution is -2.45. The molecular weight excluding hydrogens is 428 g/mol. The van der Waals surface area contributed by atoms with Gasteiger partial charge in [0, 0.05) is 37.7 Å². The van der Waals surface area contributed by atoms with Crippen LogP contribution in [0.1, 0.15) is 38.0 Å². The molecule has 9 nitrogen and oxygen atoms in total. The van der Waals surface area contributed by atoms with E-state index in [9.17, 15) is 14.4 Å². The molecule has 32 heavy (non-hydrogen) atoms. The molecule has 0 bridgehead atoms. The Morgan fingerprint density at radius 2 is 1.88 bits per heavy atom. The number of piperidine rings is 1. The molecular formula is C22H22N6O3S. The molecule has 0 aliphatic carbocycles. The van der Waals surface area contributed by atoms with Crippen molar-refractivity contribution < 1.29 is 14.4 Å². The monoisotopic (exact) mass is 450 g/mol. The summed E-state index contributed by atoms with van der Waals surface area (Å²) in [6.45, 7) is 1.24. The van der Waals surface area contributed by atoms with Gasteiger partial charge >= 0.3 is 0 Å². The number of carbonyl (C=O) groups excluding carboxylic acids is 3. The molecule has 4 rings (SSSR count). The fourth-order valence-corrected chi connectivity index (χ4v) is 4.16. The van der Waals surface area contributed by atoms with E-state index in [1.807, 2.05) is 30.3 Å². The molecule has 0 radical (unpaired) electrons. The van der Waals surface area contributed by atoms with Gasteiger partial charge < -0.3 is 15.5 Å². The van der Waals surface area contributed by atoms with E-state index in [1.54, 1.807) is 29.4 Å². The van der Waals surface area contributed by atoms with Crippen LogP contribution in [0.15, 0.2) is 54.9 Å². The zero-order valence-corrected chi connectivity index (χ0v) is 18.0. The van der Waals surface area contributed by atoms with Crippen molar-refractivity contribution >= 4 is 34.7 Å². The number of para-hydroxylation sites is 1. The predicted octanol–water partition coefficient (Wildman–Crippen LogP) is 2.35. The minimum Gasteiger partial charge on any atom is -0.352 e. The standard InChI is InChI=1S/C22H22N6O3S/c29-18(24-13-15-6-4-10-23-12-15)16-7-5-11-28(14-16)22(31)21-27-26-20(32-21)19(30)25-17-8-2-1-3-9-17/h1-4,6,8-10,12,16H,5,7,11,13-14H2,(H,24,29)(H,25,30)/t16-/m1/s1. The van der Waals surface area contributed by atoms with Crippen molar-refractivity contribution in [2.45, 2.75) is 19.4 Å². The second-order valence-electron chi connectivity index (χ2n) is 7.40. The minimum atomic E-state index is -0.418. The first kappa shape index (κ1) is 21.6. The van der Waals surface area contributed by atoms with Gasteiger partial charge in [-0.25, -0.2) is 0 Å². The molecule has 1 aliphatic rings. The zero-order valence-electron chi connectivity index (χ0n) is 17.2. The zero-order chi connectivity index (χ0) is 22.3. The van der Waals surface area contributed by atoms with Crippen molar-refractivity contribution in [3.63, 3.8) is 0 Å². The smallest absolute Gasteiger partial charge is 0.286 e. The highest BCUT2D eigenvalue weighted by molar-refractivity contribution is 7.15. The van der Waals surface area contributed by atoms with Crippen LogP contribution in [0.4, 0.5) is 5.69 Å². The van der Waals surface area contributed by atoms with E-state index in [2.05, 4.69) is 25.8 Å². The molecule has 10 heteroatoms. The normalized spacial score (nSPS) is 15.8. The molecule has 1 fully saturated rings. The highest BCUT2D eigenvalue weighted by atomic mass is 32.1. The quantitative estimate of drug-likeness (QED) is 0.595. The van der Waals surface area contributed by atoms with E-state index >= 15 is 0 Å². The molecule has 2 aromatic heterocycles. The second kappa shape index (κ2) is 10.1. The van der Waals surface area contributed by atoms with Gasteiger partial charge in [0.05, 0.1) is 5.92 Å². The number of benzene rings is 1. The second-order valence-corrected chi connectivity index (χ2v) is 8.38. The van der Waals surface area contributed by atoms with Crippen molar-refractivity contribution in [3.05, 3.63) is 70.4 Å². The molecule has 3 aromatic rings. The summed E-state index contributed by atoms with van der Waals surface area (Å²) in [6, 6.07) is 12.7. The number of pyridine rings is 1. The number of likely N-dealkylation sites (tertiary alicyclic amines) is 1. The molecule has 0 unspecified atom stereocenters. The molecule has 0 spiro atoms. The third-order valence-corrected chi connectivity index (χ3v) is 6.01. The molecule has 0 saturated carbocycles. The predicted molar refractivity (Wildman–Crippen MR) is 119 cm³/mol. The number of nitrogens with one attached hydrogen (secondary N) is 2. The summed E-state index contributed by atoms with van der Waals surface area (Å²) >= 11 is 0.946. The fraction of sp³-hybridized carbons (Fsp3) is 0.273. The van der Waals surface area contributed by atoms with E-state index < -0.39 is 5.91 Å². The number of carbonyl (C=O) groups is 3. The molecule has 3 heterocycles. The third kappa shape index (κ3) is 5.33. The molecule has 1 aliphatic heterocycles. The van der Waals surface area contributed by atoms with Gasteiger partial charge in [0.1, 0.15) is 0 Å². The van der Waals surface area contributed by atoms with Gasteiger partial charge in [-0.05, 0) is 36.6 Å². The van der Waals surface area contributed by atoms with Crippen LogP contribution in [0.2, 0.25) is 0 Å². The molecule has 1 atom stereocenters. The Kier molecular flexibility index (Phi) is 6.81. The molecule has 2 N–H and O–H groups in total. The maximum absolute atomic E-state index is 12.9. The molecule has 1 saturated heterocycles. The van der Waals surface area contributed by atoms with Crippen LogP contribution in [0.5, 0.6) is 0 Å². The highest BCUT2D eigenvalue weighted by Crippen LogP contribution is 2.21. The highest BCUT2D eigenvalue weighted by Gasteiger charge is 2.30. The number of amides is 3. The largest absolute Gasteiger partial charge is 0.352 e. The van der Waals surface area contributed by atoms with Crippen molar-refractivity contribution in [1.82, 2.24) is 25.4 Å². The summed E-state index contributed by atoms with van der Waals surface area (Å²) in [5, 5.41) is 13.7. The van der Waals surface area contributed by atoms with E-state index in [4.69, 9.17) is 0 Å². The number of hydrogen-bond donors (Lipinski definition) is 2. The summed E-state index contributed by atoms with van der Waals surface area (Å²) in [5.74, 6) is -1.12. The van der Waals surface area contributed by atoms with Crippen molar-refractivity contribution in [2.24, 2.45) is 5.92 Å². The lowest BCUT2D eigenvalue weighted by Gasteiger charge is -2.31. The molecule has 164 valence electrons. The van der Waals surface area contributed by atoms with Crippen LogP contribution in [0.3, 0.4) is 0 Å². The summed E-state index contributed by atoms with van der Waals surface area (Å²) in [5.41, 5.74) is 1.55. The molecule has 3 amide bonds. The van der Waals surface area contributed by atoms with E-state index in [0.29, 0.717) is 31.7 Å². The van der Waals surface area contributed by atoms with E-state index in [-0.39, 0.29) is 27.7 Å². The van der Waals surface area contributed by atoms with E-state index in [0.717, 1.165) is 23.3 Å². The van der Waals surface area contributed by atoms with Gasteiger partial charge in [-0.15, -0.1) is 10.2 Å². The fourth-order valence-electron chi connectivity index (χ4n) is 3.45. The van der Waals surface area contributed by atoms with Crippen LogP contribution in [0.25, 0.3) is 0 Å². The molecule has 1 aromatic carbocycles. The Morgan fingerprint density at radius 3 is 2.66 bits per heavy atom. The van der Waals surface area contributed by atoms with Crippen molar-refractivity contribution in [3.8, 4) is 0 Å². The lowest BCUT2D eigenvalue weighted by atomic mass is 9.97. The van der Waals surface area contributed by atoms with Crippen LogP contribution in [-0.4, -0.2) is 50.9 Å². The van der Waals surface area contributed by atoms with Crippen LogP contribution >= 0.6 is 11.3 Å². The summed E-state index contributed by atoms with van der Waals surface area (Å²) in [4.78, 5) is 43.5. The van der Waals surface area contributed by atoms with Gasteiger partial charge in [-0.2, -0.15) is 0 Å². The van der Waals surface area contributed by atoms with Gasteiger partial charge in [0.25, 0.3) is 11.8 Å². The van der Waals surface area contributed by atoms with Crippen molar-refractivity contribution in [1.29, 1.82) is 0 Å². The Hall–Kier alpha value is -3.66. The Bertz CT molecular complexity index is 1090. The number of hydrogen-bond acceptors (Lipinski definition) is 7. The Balaban J connectivity index is 1.34. The third-order valence-electron chi connectivity index (χ3n) is 5.10. The van der Waals surface area contributed by atoms with Gasteiger partial charge in [-0.3, -0.25) is 19.4 Å². The average molecular weight is 451 g/mol. The first-order chi connectivity index (χ1) is 15.6. The van der Waals surface area contributed by atoms with Gasteiger partial charge in [0.2, 0.25) is 15.9 Å². The number of nitrogens with zero attached hydrogens (tertiary/aromatic N) is 4. The summed E-state index contributed by atoms with van der Waals surface area (Å²) in [6.07, 6.45) is 4.82. The number of anilines is 1. The number of rotatable bonds is 6. The first-order valence-electron chi connectivity index (χ1n) is 10.3. The van der Waals surface area contributed by atoms with Gasteiger partial charge in [-0.1, -0.05) is 35.6 Å². The van der Waals surface area contributed by atoms with Crippen LogP contribution in [-0.2, 0) is 11.3 Å². The van der Waals surface area contributed by atoms with Gasteiger partial charge in [0.15, 0.2) is 0 Å². The first-order valence-corrected chi connectivity index (χ1v) is 11.1. The lowest BCUT2D eigenvalue weighted by molar-refractivity contribution is -0.126. The minimum absolute atomic E-state index is 0.0912.